The van der Waals surface area contributed by atoms with E-state index in [0.29, 0.717) is 15.0 Å². The summed E-state index contributed by atoms with van der Waals surface area (Å²) in [4.78, 5) is 29.4. The fraction of sp³-hybridized carbons (Fsp3) is 0.318. The van der Waals surface area contributed by atoms with Gasteiger partial charge in [0.2, 0.25) is 0 Å². The molecule has 3 aromatic rings. The van der Waals surface area contributed by atoms with Gasteiger partial charge in [0, 0.05) is 0 Å². The average molecular weight is 415 g/mol. The van der Waals surface area contributed by atoms with E-state index in [4.69, 9.17) is 4.74 Å². The number of amides is 1. The second-order valence-electron chi connectivity index (χ2n) is 6.95. The summed E-state index contributed by atoms with van der Waals surface area (Å²) in [7, 11) is 0. The zero-order valence-corrected chi connectivity index (χ0v) is 17.7. The van der Waals surface area contributed by atoms with E-state index in [-0.39, 0.29) is 31.3 Å². The van der Waals surface area contributed by atoms with Gasteiger partial charge in [0.15, 0.2) is 4.80 Å². The zero-order valence-electron chi connectivity index (χ0n) is 16.9. The number of nitrogens with zero attached hydrogens (tertiary/aromatic N) is 2. The Kier molecular flexibility index (Phi) is 6.27. The fourth-order valence-corrected chi connectivity index (χ4v) is 4.48. The van der Waals surface area contributed by atoms with E-state index >= 15 is 0 Å². The van der Waals surface area contributed by atoms with Crippen LogP contribution in [-0.4, -0.2) is 23.1 Å². The molecule has 0 aliphatic carbocycles. The van der Waals surface area contributed by atoms with Crippen LogP contribution in [-0.2, 0) is 27.3 Å². The first-order valence-electron chi connectivity index (χ1n) is 9.37. The van der Waals surface area contributed by atoms with Crippen molar-refractivity contribution in [3.63, 3.8) is 0 Å². The number of fused-ring (bicyclic) bond motifs is 1. The molecule has 0 N–H and O–H groups in total. The lowest BCUT2D eigenvalue weighted by atomic mass is 9.97. The van der Waals surface area contributed by atoms with Crippen LogP contribution in [0.3, 0.4) is 0 Å². The highest BCUT2D eigenvalue weighted by molar-refractivity contribution is 7.16. The number of benzene rings is 2. The summed E-state index contributed by atoms with van der Waals surface area (Å²) < 4.78 is 20.9. The number of rotatable bonds is 5. The Labute approximate surface area is 172 Å². The highest BCUT2D eigenvalue weighted by Gasteiger charge is 2.14. The first kappa shape index (κ1) is 20.9. The predicted molar refractivity (Wildman–Crippen MR) is 111 cm³/mol. The van der Waals surface area contributed by atoms with Crippen molar-refractivity contribution in [1.82, 2.24) is 4.57 Å². The molecule has 2 aromatic carbocycles. The molecule has 0 aliphatic heterocycles. The normalized spacial score (nSPS) is 11.8. The molecule has 29 heavy (non-hydrogen) atoms. The Bertz CT molecular complexity index is 1140. The first-order chi connectivity index (χ1) is 13.8. The molecule has 1 aromatic heterocycles. The van der Waals surface area contributed by atoms with E-state index in [9.17, 15) is 14.0 Å². The lowest BCUT2D eigenvalue weighted by Gasteiger charge is -2.09. The maximum atomic E-state index is 13.6. The van der Waals surface area contributed by atoms with Gasteiger partial charge in [-0.2, -0.15) is 4.99 Å². The van der Waals surface area contributed by atoms with E-state index in [1.54, 1.807) is 17.6 Å². The Balaban J connectivity index is 2.02. The van der Waals surface area contributed by atoms with Gasteiger partial charge in [0.05, 0.1) is 23.2 Å². The lowest BCUT2D eigenvalue weighted by molar-refractivity contribution is -0.143. The Morgan fingerprint density at radius 1 is 1.14 bits per heavy atom. The van der Waals surface area contributed by atoms with Crippen LogP contribution in [0.4, 0.5) is 4.39 Å². The number of carbonyl (C=O) groups is 2. The minimum atomic E-state index is -0.435. The molecule has 7 heteroatoms. The number of thiazole rings is 1. The number of carbonyl (C=O) groups excluding carboxylic acids is 2. The number of ether oxygens (including phenoxy) is 1. The van der Waals surface area contributed by atoms with Crippen LogP contribution in [0.15, 0.2) is 35.3 Å². The molecule has 0 atom stereocenters. The number of hydrogen-bond donors (Lipinski definition) is 0. The van der Waals surface area contributed by atoms with Crippen molar-refractivity contribution in [1.29, 1.82) is 0 Å². The quantitative estimate of drug-likeness (QED) is 0.593. The van der Waals surface area contributed by atoms with Gasteiger partial charge in [0.1, 0.15) is 12.4 Å². The summed E-state index contributed by atoms with van der Waals surface area (Å²) >= 11 is 1.18. The van der Waals surface area contributed by atoms with Crippen molar-refractivity contribution in [2.75, 3.05) is 6.61 Å². The van der Waals surface area contributed by atoms with Crippen LogP contribution in [0, 0.1) is 26.6 Å². The molecular formula is C22H23FN2O3S. The minimum Gasteiger partial charge on any atom is -0.465 e. The molecule has 0 unspecified atom stereocenters. The number of esters is 1. The third-order valence-corrected chi connectivity index (χ3v) is 5.67. The molecule has 3 rings (SSSR count). The van der Waals surface area contributed by atoms with Gasteiger partial charge in [-0.15, -0.1) is 0 Å². The van der Waals surface area contributed by atoms with Crippen LogP contribution in [0.5, 0.6) is 0 Å². The summed E-state index contributed by atoms with van der Waals surface area (Å²) in [6.45, 7) is 7.87. The Morgan fingerprint density at radius 2 is 1.83 bits per heavy atom. The smallest absolute Gasteiger partial charge is 0.326 e. The highest BCUT2D eigenvalue weighted by atomic mass is 32.1. The molecule has 0 aliphatic rings. The second kappa shape index (κ2) is 8.69. The lowest BCUT2D eigenvalue weighted by Crippen LogP contribution is -2.23. The van der Waals surface area contributed by atoms with Crippen LogP contribution in [0.25, 0.3) is 10.2 Å². The van der Waals surface area contributed by atoms with Crippen molar-refractivity contribution in [2.24, 2.45) is 4.99 Å². The zero-order chi connectivity index (χ0) is 21.1. The van der Waals surface area contributed by atoms with Gasteiger partial charge in [-0.25, -0.2) is 4.39 Å². The van der Waals surface area contributed by atoms with Gasteiger partial charge < -0.3 is 9.30 Å². The van der Waals surface area contributed by atoms with Crippen LogP contribution >= 0.6 is 11.3 Å². The summed E-state index contributed by atoms with van der Waals surface area (Å²) in [5.41, 5.74) is 4.83. The maximum Gasteiger partial charge on any atom is 0.326 e. The number of halogens is 1. The molecule has 5 nitrogen and oxygen atoms in total. The SMILES string of the molecule is CCOC(=O)Cn1c(=NC(=O)Cc2c(C)cc(C)cc2C)sc2cc(F)ccc21. The molecule has 0 saturated carbocycles. The monoisotopic (exact) mass is 414 g/mol. The number of aryl methyl sites for hydroxylation is 3. The van der Waals surface area contributed by atoms with E-state index in [0.717, 1.165) is 22.3 Å². The summed E-state index contributed by atoms with van der Waals surface area (Å²) in [5.74, 6) is -1.13. The molecule has 152 valence electrons. The van der Waals surface area contributed by atoms with Gasteiger partial charge in [-0.05, 0) is 62.6 Å². The Hall–Kier alpha value is -2.80. The van der Waals surface area contributed by atoms with Crippen molar-refractivity contribution in [2.45, 2.75) is 40.7 Å². The standard InChI is InChI=1S/C22H23FN2O3S/c1-5-28-21(27)12-25-18-7-6-16(23)10-19(18)29-22(25)24-20(26)11-17-14(3)8-13(2)9-15(17)4/h6-10H,5,11-12H2,1-4H3. The van der Waals surface area contributed by atoms with Gasteiger partial charge >= 0.3 is 5.97 Å². The van der Waals surface area contributed by atoms with Crippen molar-refractivity contribution in [3.8, 4) is 0 Å². The summed E-state index contributed by atoms with van der Waals surface area (Å²) in [6.07, 6.45) is 0.167. The fourth-order valence-electron chi connectivity index (χ4n) is 3.41. The van der Waals surface area contributed by atoms with Crippen molar-refractivity contribution in [3.05, 3.63) is 63.2 Å². The van der Waals surface area contributed by atoms with Crippen LogP contribution in [0.1, 0.15) is 29.2 Å². The third kappa shape index (κ3) is 4.79. The third-order valence-electron chi connectivity index (χ3n) is 4.63. The van der Waals surface area contributed by atoms with E-state index < -0.39 is 5.97 Å². The van der Waals surface area contributed by atoms with Crippen molar-refractivity contribution >= 4 is 33.4 Å². The first-order valence-corrected chi connectivity index (χ1v) is 10.2. The summed E-state index contributed by atoms with van der Waals surface area (Å²) in [6, 6.07) is 8.36. The molecule has 0 radical (unpaired) electrons. The average Bonchev–Trinajstić information content (AvgIpc) is 2.94. The topological polar surface area (TPSA) is 60.7 Å². The largest absolute Gasteiger partial charge is 0.465 e. The molecule has 0 spiro atoms. The molecule has 0 saturated heterocycles. The molecule has 0 bridgehead atoms. The van der Waals surface area contributed by atoms with Crippen LogP contribution < -0.4 is 4.80 Å². The van der Waals surface area contributed by atoms with Gasteiger partial charge in [-0.1, -0.05) is 29.0 Å². The number of aromatic nitrogens is 1. The molecule has 1 amide bonds. The van der Waals surface area contributed by atoms with Gasteiger partial charge in [0.25, 0.3) is 5.91 Å². The summed E-state index contributed by atoms with van der Waals surface area (Å²) in [5, 5.41) is 0. The molecular weight excluding hydrogens is 391 g/mol. The molecule has 1 heterocycles. The van der Waals surface area contributed by atoms with E-state index in [2.05, 4.69) is 4.99 Å². The van der Waals surface area contributed by atoms with Crippen molar-refractivity contribution < 1.29 is 18.7 Å². The Morgan fingerprint density at radius 3 is 2.48 bits per heavy atom. The van der Waals surface area contributed by atoms with E-state index in [1.807, 2.05) is 32.9 Å². The maximum absolute atomic E-state index is 13.6. The van der Waals surface area contributed by atoms with Crippen LogP contribution in [0.2, 0.25) is 0 Å². The van der Waals surface area contributed by atoms with Gasteiger partial charge in [-0.3, -0.25) is 9.59 Å². The second-order valence-corrected chi connectivity index (χ2v) is 7.96. The highest BCUT2D eigenvalue weighted by Crippen LogP contribution is 2.20. The van der Waals surface area contributed by atoms with E-state index in [1.165, 1.54) is 23.5 Å². The molecule has 0 fully saturated rings. The predicted octanol–water partition coefficient (Wildman–Crippen LogP) is 4.00. The number of hydrogen-bond acceptors (Lipinski definition) is 4. The minimum absolute atomic E-state index is 0.0891.